The first-order valence-electron chi connectivity index (χ1n) is 8.93. The number of ether oxygens (including phenoxy) is 2. The molecule has 1 aliphatic heterocycles. The molecule has 0 saturated heterocycles. The average molecular weight is 317 g/mol. The number of amides is 1. The quantitative estimate of drug-likeness (QED) is 0.801. The maximum Gasteiger partial charge on any atom is 0.222 e. The molecule has 3 rings (SSSR count). The normalized spacial score (nSPS) is 17.3. The zero-order valence-electron chi connectivity index (χ0n) is 14.1. The molecule has 1 aliphatic carbocycles. The van der Waals surface area contributed by atoms with Crippen LogP contribution < -0.4 is 9.47 Å². The SMILES string of the molecule is CCN(Cc1cccc2c1OCCO2)C(=O)CCC1CCCC1. The van der Waals surface area contributed by atoms with Gasteiger partial charge in [0.2, 0.25) is 5.91 Å². The van der Waals surface area contributed by atoms with Crippen LogP contribution in [0.1, 0.15) is 51.0 Å². The summed E-state index contributed by atoms with van der Waals surface area (Å²) in [4.78, 5) is 14.5. The van der Waals surface area contributed by atoms with Gasteiger partial charge in [-0.05, 0) is 25.3 Å². The molecule has 1 amide bonds. The van der Waals surface area contributed by atoms with Crippen molar-refractivity contribution in [2.45, 2.75) is 52.0 Å². The van der Waals surface area contributed by atoms with Crippen LogP contribution in [0, 0.1) is 5.92 Å². The molecule has 0 N–H and O–H groups in total. The highest BCUT2D eigenvalue weighted by Crippen LogP contribution is 2.34. The first-order chi connectivity index (χ1) is 11.3. The Labute approximate surface area is 138 Å². The standard InChI is InChI=1S/C19H27NO3/c1-2-20(18(21)11-10-15-6-3-4-7-15)14-16-8-5-9-17-19(16)23-13-12-22-17/h5,8-9,15H,2-4,6-7,10-14H2,1H3. The molecular formula is C19H27NO3. The molecule has 0 atom stereocenters. The highest BCUT2D eigenvalue weighted by atomic mass is 16.6. The molecule has 23 heavy (non-hydrogen) atoms. The number of hydrogen-bond acceptors (Lipinski definition) is 3. The maximum absolute atomic E-state index is 12.6. The first kappa shape index (κ1) is 16.2. The molecule has 4 nitrogen and oxygen atoms in total. The van der Waals surface area contributed by atoms with Crippen LogP contribution in [0.5, 0.6) is 11.5 Å². The van der Waals surface area contributed by atoms with E-state index in [1.807, 2.05) is 30.0 Å². The third kappa shape index (κ3) is 3.98. The van der Waals surface area contributed by atoms with Crippen molar-refractivity contribution in [1.82, 2.24) is 4.90 Å². The summed E-state index contributed by atoms with van der Waals surface area (Å²) in [5.41, 5.74) is 1.04. The predicted octanol–water partition coefficient (Wildman–Crippen LogP) is 3.78. The largest absolute Gasteiger partial charge is 0.486 e. The molecule has 1 fully saturated rings. The Morgan fingerprint density at radius 2 is 2.00 bits per heavy atom. The monoisotopic (exact) mass is 317 g/mol. The Morgan fingerprint density at radius 1 is 1.22 bits per heavy atom. The van der Waals surface area contributed by atoms with E-state index in [0.717, 1.165) is 35.9 Å². The van der Waals surface area contributed by atoms with E-state index in [-0.39, 0.29) is 5.91 Å². The fraction of sp³-hybridized carbons (Fsp3) is 0.632. The topological polar surface area (TPSA) is 38.8 Å². The molecule has 1 heterocycles. The van der Waals surface area contributed by atoms with E-state index in [0.29, 0.717) is 26.2 Å². The van der Waals surface area contributed by atoms with Crippen molar-refractivity contribution >= 4 is 5.91 Å². The number of carbonyl (C=O) groups excluding carboxylic acids is 1. The summed E-state index contributed by atoms with van der Waals surface area (Å²) in [6.07, 6.45) is 6.99. The molecule has 0 spiro atoms. The van der Waals surface area contributed by atoms with Gasteiger partial charge in [0.05, 0.1) is 0 Å². The minimum Gasteiger partial charge on any atom is -0.486 e. The van der Waals surface area contributed by atoms with Gasteiger partial charge < -0.3 is 14.4 Å². The molecule has 0 radical (unpaired) electrons. The Balaban J connectivity index is 1.61. The number of rotatable bonds is 6. The van der Waals surface area contributed by atoms with Crippen LogP contribution >= 0.6 is 0 Å². The molecule has 1 saturated carbocycles. The lowest BCUT2D eigenvalue weighted by Crippen LogP contribution is -2.31. The number of benzene rings is 1. The Hall–Kier alpha value is -1.71. The third-order valence-corrected chi connectivity index (χ3v) is 4.98. The van der Waals surface area contributed by atoms with E-state index in [1.54, 1.807) is 0 Å². The predicted molar refractivity (Wildman–Crippen MR) is 89.7 cm³/mol. The van der Waals surface area contributed by atoms with Gasteiger partial charge in [0.15, 0.2) is 11.5 Å². The first-order valence-corrected chi connectivity index (χ1v) is 8.93. The van der Waals surface area contributed by atoms with E-state index in [1.165, 1.54) is 25.7 Å². The molecule has 0 aromatic heterocycles. The second-order valence-corrected chi connectivity index (χ2v) is 6.54. The van der Waals surface area contributed by atoms with Gasteiger partial charge in [-0.25, -0.2) is 0 Å². The molecule has 0 bridgehead atoms. The lowest BCUT2D eigenvalue weighted by Gasteiger charge is -2.25. The minimum absolute atomic E-state index is 0.258. The van der Waals surface area contributed by atoms with Crippen LogP contribution in [0.15, 0.2) is 18.2 Å². The van der Waals surface area contributed by atoms with Gasteiger partial charge in [-0.3, -0.25) is 4.79 Å². The fourth-order valence-electron chi connectivity index (χ4n) is 3.63. The average Bonchev–Trinajstić information content (AvgIpc) is 3.11. The van der Waals surface area contributed by atoms with Crippen LogP contribution in [0.25, 0.3) is 0 Å². The maximum atomic E-state index is 12.6. The Kier molecular flexibility index (Phi) is 5.42. The zero-order valence-corrected chi connectivity index (χ0v) is 14.1. The Bertz CT molecular complexity index is 537. The van der Waals surface area contributed by atoms with Crippen molar-refractivity contribution in [3.63, 3.8) is 0 Å². The summed E-state index contributed by atoms with van der Waals surface area (Å²) in [7, 11) is 0. The van der Waals surface area contributed by atoms with E-state index in [2.05, 4.69) is 0 Å². The van der Waals surface area contributed by atoms with Gasteiger partial charge in [0.25, 0.3) is 0 Å². The number of fused-ring (bicyclic) bond motifs is 1. The van der Waals surface area contributed by atoms with Gasteiger partial charge in [0.1, 0.15) is 13.2 Å². The summed E-state index contributed by atoms with van der Waals surface area (Å²) in [5.74, 6) is 2.62. The van der Waals surface area contributed by atoms with Crippen molar-refractivity contribution in [3.05, 3.63) is 23.8 Å². The molecule has 1 aromatic rings. The van der Waals surface area contributed by atoms with Gasteiger partial charge >= 0.3 is 0 Å². The van der Waals surface area contributed by atoms with Crippen molar-refractivity contribution in [1.29, 1.82) is 0 Å². The number of para-hydroxylation sites is 1. The second kappa shape index (κ2) is 7.71. The lowest BCUT2D eigenvalue weighted by atomic mass is 10.0. The molecule has 0 unspecified atom stereocenters. The minimum atomic E-state index is 0.258. The van der Waals surface area contributed by atoms with Gasteiger partial charge in [-0.2, -0.15) is 0 Å². The third-order valence-electron chi connectivity index (χ3n) is 4.98. The molecular weight excluding hydrogens is 290 g/mol. The van der Waals surface area contributed by atoms with E-state index in [9.17, 15) is 4.79 Å². The molecule has 2 aliphatic rings. The summed E-state index contributed by atoms with van der Waals surface area (Å²) < 4.78 is 11.4. The van der Waals surface area contributed by atoms with Crippen molar-refractivity contribution in [2.24, 2.45) is 5.92 Å². The highest BCUT2D eigenvalue weighted by Gasteiger charge is 2.21. The number of nitrogens with zero attached hydrogens (tertiary/aromatic N) is 1. The van der Waals surface area contributed by atoms with E-state index < -0.39 is 0 Å². The highest BCUT2D eigenvalue weighted by molar-refractivity contribution is 5.76. The second-order valence-electron chi connectivity index (χ2n) is 6.54. The zero-order chi connectivity index (χ0) is 16.1. The number of carbonyl (C=O) groups is 1. The van der Waals surface area contributed by atoms with E-state index in [4.69, 9.17) is 9.47 Å². The summed E-state index contributed by atoms with van der Waals surface area (Å²) in [6.45, 7) is 4.54. The van der Waals surface area contributed by atoms with Gasteiger partial charge in [-0.1, -0.05) is 37.8 Å². The molecule has 1 aromatic carbocycles. The van der Waals surface area contributed by atoms with Gasteiger partial charge in [-0.15, -0.1) is 0 Å². The van der Waals surface area contributed by atoms with Crippen LogP contribution in [-0.4, -0.2) is 30.6 Å². The van der Waals surface area contributed by atoms with Gasteiger partial charge in [0, 0.05) is 25.1 Å². The van der Waals surface area contributed by atoms with E-state index >= 15 is 0 Å². The van der Waals surface area contributed by atoms with Crippen molar-refractivity contribution < 1.29 is 14.3 Å². The number of hydrogen-bond donors (Lipinski definition) is 0. The van der Waals surface area contributed by atoms with Crippen LogP contribution in [0.4, 0.5) is 0 Å². The molecule has 126 valence electrons. The van der Waals surface area contributed by atoms with Crippen molar-refractivity contribution in [3.8, 4) is 11.5 Å². The molecule has 4 heteroatoms. The van der Waals surface area contributed by atoms with Crippen LogP contribution in [-0.2, 0) is 11.3 Å². The summed E-state index contributed by atoms with van der Waals surface area (Å²) in [5, 5.41) is 0. The Morgan fingerprint density at radius 3 is 2.78 bits per heavy atom. The van der Waals surface area contributed by atoms with Crippen LogP contribution in [0.2, 0.25) is 0 Å². The lowest BCUT2D eigenvalue weighted by molar-refractivity contribution is -0.131. The smallest absolute Gasteiger partial charge is 0.222 e. The van der Waals surface area contributed by atoms with Crippen LogP contribution in [0.3, 0.4) is 0 Å². The van der Waals surface area contributed by atoms with Crippen molar-refractivity contribution in [2.75, 3.05) is 19.8 Å². The summed E-state index contributed by atoms with van der Waals surface area (Å²) >= 11 is 0. The fourth-order valence-corrected chi connectivity index (χ4v) is 3.63. The summed E-state index contributed by atoms with van der Waals surface area (Å²) in [6, 6.07) is 5.93.